The first-order valence-electron chi connectivity index (χ1n) is 19.9. The van der Waals surface area contributed by atoms with Crippen molar-refractivity contribution in [2.45, 2.75) is 190 Å². The predicted molar refractivity (Wildman–Crippen MR) is 235 cm³/mol. The van der Waals surface area contributed by atoms with Crippen LogP contribution in [0.4, 0.5) is 0 Å². The van der Waals surface area contributed by atoms with Crippen LogP contribution in [0.5, 0.6) is 0 Å². The van der Waals surface area contributed by atoms with Crippen LogP contribution >= 0.6 is 0 Å². The van der Waals surface area contributed by atoms with E-state index in [4.69, 9.17) is 0 Å². The summed E-state index contributed by atoms with van der Waals surface area (Å²) >= 11 is 0. The molecule has 0 spiro atoms. The molecular formula is C51H75Cl3SiTi. The van der Waals surface area contributed by atoms with E-state index in [-0.39, 0.29) is 96.5 Å². The maximum absolute atomic E-state index is 4.32. The number of hydrogen-bond acceptors (Lipinski definition) is 0. The molecule has 0 amide bonds. The molecule has 0 radical (unpaired) electrons. The summed E-state index contributed by atoms with van der Waals surface area (Å²) in [5.41, 5.74) is 12.5. The molecule has 0 N–H and O–H groups in total. The van der Waals surface area contributed by atoms with Gasteiger partial charge in [0.15, 0.2) is 0 Å². The molecule has 5 heteroatoms. The summed E-state index contributed by atoms with van der Waals surface area (Å²) in [7, 11) is -3.11. The minimum Gasteiger partial charge on any atom is -1.00 e. The van der Waals surface area contributed by atoms with Gasteiger partial charge in [-0.15, -0.1) is 6.92 Å². The van der Waals surface area contributed by atoms with E-state index >= 15 is 0 Å². The molecule has 4 rings (SSSR count). The Morgan fingerprint density at radius 1 is 0.393 bits per heavy atom. The number of halogens is 3. The predicted octanol–water partition coefficient (Wildman–Crippen LogP) is 3.81. The second kappa shape index (κ2) is 17.5. The Kier molecular flexibility index (Phi) is 17.2. The van der Waals surface area contributed by atoms with Gasteiger partial charge in [-0.05, 0) is 81.4 Å². The Bertz CT molecular complexity index is 1640. The van der Waals surface area contributed by atoms with Gasteiger partial charge in [-0.1, -0.05) is 205 Å². The minimum atomic E-state index is -3.11. The summed E-state index contributed by atoms with van der Waals surface area (Å²) in [4.78, 5) is 0. The van der Waals surface area contributed by atoms with Gasteiger partial charge in [0.2, 0.25) is 0 Å². The van der Waals surface area contributed by atoms with Gasteiger partial charge >= 0.3 is 21.7 Å². The average Bonchev–Trinajstić information content (AvgIpc) is 3.17. The van der Waals surface area contributed by atoms with Crippen molar-refractivity contribution in [3.05, 3.63) is 111 Å². The van der Waals surface area contributed by atoms with Gasteiger partial charge in [0.1, 0.15) is 8.07 Å². The Morgan fingerprint density at radius 3 is 0.732 bits per heavy atom. The Labute approximate surface area is 380 Å². The Hall–Kier alpha value is -1.06. The van der Waals surface area contributed by atoms with Gasteiger partial charge in [-0.2, -0.15) is 11.1 Å². The third-order valence-electron chi connectivity index (χ3n) is 12.4. The number of hydrogen-bond donors (Lipinski definition) is 0. The van der Waals surface area contributed by atoms with Crippen molar-refractivity contribution in [1.29, 1.82) is 0 Å². The summed E-state index contributed by atoms with van der Waals surface area (Å²) < 4.78 is 0. The van der Waals surface area contributed by atoms with Gasteiger partial charge in [0.25, 0.3) is 0 Å². The van der Waals surface area contributed by atoms with Crippen LogP contribution in [0.25, 0.3) is 0 Å². The van der Waals surface area contributed by atoms with E-state index in [0.29, 0.717) is 0 Å². The molecule has 308 valence electrons. The zero-order valence-corrected chi connectivity index (χ0v) is 44.2. The van der Waals surface area contributed by atoms with Gasteiger partial charge in [-0.3, -0.25) is 6.08 Å². The van der Waals surface area contributed by atoms with Crippen LogP contribution in [-0.2, 0) is 54.2 Å². The molecule has 0 saturated carbocycles. The van der Waals surface area contributed by atoms with Crippen LogP contribution in [0.2, 0.25) is 5.04 Å². The van der Waals surface area contributed by atoms with Gasteiger partial charge in [-0.25, -0.2) is 5.57 Å². The van der Waals surface area contributed by atoms with Crippen LogP contribution in [0.15, 0.2) is 71.3 Å². The Morgan fingerprint density at radius 2 is 0.589 bits per heavy atom. The van der Waals surface area contributed by atoms with Crippen molar-refractivity contribution >= 4 is 23.6 Å². The maximum atomic E-state index is 4.32. The molecule has 0 saturated heterocycles. The first-order valence-corrected chi connectivity index (χ1v) is 21.9. The minimum absolute atomic E-state index is 0. The largest absolute Gasteiger partial charge is 4.00 e. The summed E-state index contributed by atoms with van der Waals surface area (Å²) in [5.74, 6) is 0. The Balaban J connectivity index is 0.00000756. The monoisotopic (exact) mass is 868 g/mol. The first-order chi connectivity index (χ1) is 23.1. The quantitative estimate of drug-likeness (QED) is 0.213. The summed E-state index contributed by atoms with van der Waals surface area (Å²) in [6.45, 7) is 52.6. The SMILES string of the molecule is CC1=[C-]C(C)([Si](c2cc(C(C)(C)C)cc(C(C)(C)C)c2)(c2cc(C(C)(C)C)cc(C(C)(C)C)c2)c2cc(C(C)(C)C)cc(C(C)(C)C)c2)C(C)=C1C.[Cl-].[Cl-].[Cl-].[Ti+4]. The maximum Gasteiger partial charge on any atom is 4.00 e. The molecule has 0 fully saturated rings. The second-order valence-corrected chi connectivity index (χ2v) is 27.0. The van der Waals surface area contributed by atoms with E-state index in [1.165, 1.54) is 65.7 Å². The molecule has 1 aliphatic carbocycles. The topological polar surface area (TPSA) is 0 Å². The molecule has 0 aliphatic heterocycles. The molecule has 3 aromatic carbocycles. The molecule has 3 aromatic rings. The zero-order chi connectivity index (χ0) is 40.0. The van der Waals surface area contributed by atoms with Crippen molar-refractivity contribution in [2.24, 2.45) is 0 Å². The van der Waals surface area contributed by atoms with Crippen LogP contribution in [0.3, 0.4) is 0 Å². The molecule has 0 heterocycles. The molecule has 1 atom stereocenters. The molecule has 1 unspecified atom stereocenters. The fraction of sp³-hybridized carbons (Fsp3) is 0.569. The van der Waals surface area contributed by atoms with Crippen molar-refractivity contribution in [3.8, 4) is 0 Å². The van der Waals surface area contributed by atoms with Crippen LogP contribution in [0.1, 0.15) is 186 Å². The van der Waals surface area contributed by atoms with E-state index in [9.17, 15) is 0 Å². The fourth-order valence-electron chi connectivity index (χ4n) is 8.09. The van der Waals surface area contributed by atoms with Crippen molar-refractivity contribution < 1.29 is 58.9 Å². The van der Waals surface area contributed by atoms with Crippen LogP contribution < -0.4 is 52.8 Å². The number of rotatable bonds is 4. The number of allylic oxidation sites excluding steroid dienone is 4. The van der Waals surface area contributed by atoms with E-state index < -0.39 is 8.07 Å². The van der Waals surface area contributed by atoms with Crippen molar-refractivity contribution in [2.75, 3.05) is 0 Å². The van der Waals surface area contributed by atoms with E-state index in [0.717, 1.165) is 0 Å². The second-order valence-electron chi connectivity index (χ2n) is 22.8. The molecule has 56 heavy (non-hydrogen) atoms. The van der Waals surface area contributed by atoms with E-state index in [1.807, 2.05) is 0 Å². The van der Waals surface area contributed by atoms with Gasteiger partial charge in [0, 0.05) is 0 Å². The van der Waals surface area contributed by atoms with E-state index in [2.05, 4.69) is 213 Å². The summed E-state index contributed by atoms with van der Waals surface area (Å²) in [6, 6.07) is 23.4. The zero-order valence-electron chi connectivity index (χ0n) is 39.3. The van der Waals surface area contributed by atoms with Crippen molar-refractivity contribution in [3.63, 3.8) is 0 Å². The standard InChI is InChI=1S/C51H75Si.3ClH.Ti/c1-33-32-51(22,35(3)34(33)2)52(42-26-36(45(4,5)6)23-37(27-42)46(7,8)9,43-28-38(47(10,11)12)24-39(29-43)48(13,14)15)44-30-40(49(16,17)18)25-41(31-44)50(19,20)21;;;;/h23-31H,1-22H3;3*1H;/q-1;;;;+4/p-3. The summed E-state index contributed by atoms with van der Waals surface area (Å²) in [5, 5.41) is 4.15. The van der Waals surface area contributed by atoms with Crippen molar-refractivity contribution in [1.82, 2.24) is 0 Å². The van der Waals surface area contributed by atoms with E-state index in [1.54, 1.807) is 0 Å². The molecule has 0 nitrogen and oxygen atoms in total. The van der Waals surface area contributed by atoms with Gasteiger partial charge < -0.3 is 37.2 Å². The summed E-state index contributed by atoms with van der Waals surface area (Å²) in [6.07, 6.45) is 4.32. The fourth-order valence-corrected chi connectivity index (χ4v) is 14.2. The normalized spacial score (nSPS) is 17.0. The van der Waals surface area contributed by atoms with Crippen LogP contribution in [0, 0.1) is 6.08 Å². The van der Waals surface area contributed by atoms with Gasteiger partial charge in [0.05, 0.1) is 0 Å². The smallest absolute Gasteiger partial charge is 1.00 e. The third-order valence-corrected chi connectivity index (χ3v) is 17.8. The molecular weight excluding hydrogens is 795 g/mol. The first kappa shape index (κ1) is 54.9. The molecule has 1 aliphatic rings. The average molecular weight is 870 g/mol. The van der Waals surface area contributed by atoms with Crippen LogP contribution in [-0.4, -0.2) is 8.07 Å². The number of benzene rings is 3. The molecule has 0 bridgehead atoms. The third kappa shape index (κ3) is 10.4. The molecule has 0 aromatic heterocycles.